The van der Waals surface area contributed by atoms with Crippen LogP contribution in [0.1, 0.15) is 38.5 Å². The van der Waals surface area contributed by atoms with Crippen molar-refractivity contribution in [3.05, 3.63) is 12.4 Å². The number of nitrogens with zero attached hydrogens (tertiary/aromatic N) is 3. The van der Waals surface area contributed by atoms with Crippen LogP contribution < -0.4 is 9.64 Å². The van der Waals surface area contributed by atoms with Gasteiger partial charge in [0.2, 0.25) is 5.88 Å². The minimum atomic E-state index is 0.0316. The standard InChI is InChI=1S/C16H25N3O3/c1-21-14-7-12(11-20)19(10-14)15-8-17-9-16(18-15)22-13-5-3-2-4-6-13/h8-9,12-14,20H,2-7,10-11H2,1H3/t12-,14-/m0/s1. The lowest BCUT2D eigenvalue weighted by Crippen LogP contribution is -2.33. The summed E-state index contributed by atoms with van der Waals surface area (Å²) in [5.74, 6) is 1.34. The second kappa shape index (κ2) is 7.24. The van der Waals surface area contributed by atoms with Crippen LogP contribution in [0.25, 0.3) is 0 Å². The van der Waals surface area contributed by atoms with Crippen LogP contribution in [0.4, 0.5) is 5.82 Å². The van der Waals surface area contributed by atoms with E-state index in [0.29, 0.717) is 5.88 Å². The molecule has 3 rings (SSSR count). The fourth-order valence-electron chi connectivity index (χ4n) is 3.39. The van der Waals surface area contributed by atoms with E-state index in [0.717, 1.165) is 31.6 Å². The van der Waals surface area contributed by atoms with E-state index >= 15 is 0 Å². The largest absolute Gasteiger partial charge is 0.473 e. The topological polar surface area (TPSA) is 67.7 Å². The Balaban J connectivity index is 1.70. The van der Waals surface area contributed by atoms with Crippen LogP contribution in [0.3, 0.4) is 0 Å². The van der Waals surface area contributed by atoms with Crippen LogP contribution in [0.2, 0.25) is 0 Å². The lowest BCUT2D eigenvalue weighted by atomic mass is 9.98. The van der Waals surface area contributed by atoms with Gasteiger partial charge in [0.25, 0.3) is 0 Å². The molecule has 1 saturated heterocycles. The quantitative estimate of drug-likeness (QED) is 0.894. The molecule has 1 aliphatic heterocycles. The maximum atomic E-state index is 9.56. The Hall–Kier alpha value is -1.40. The van der Waals surface area contributed by atoms with Crippen molar-refractivity contribution >= 4 is 5.82 Å². The zero-order chi connectivity index (χ0) is 15.4. The number of methoxy groups -OCH3 is 1. The maximum absolute atomic E-state index is 9.56. The van der Waals surface area contributed by atoms with Gasteiger partial charge < -0.3 is 19.5 Å². The van der Waals surface area contributed by atoms with Gasteiger partial charge in [0, 0.05) is 13.7 Å². The molecule has 2 fully saturated rings. The van der Waals surface area contributed by atoms with Crippen molar-refractivity contribution in [1.82, 2.24) is 9.97 Å². The van der Waals surface area contributed by atoms with Gasteiger partial charge in [-0.2, -0.15) is 4.98 Å². The van der Waals surface area contributed by atoms with Crippen molar-refractivity contribution in [3.8, 4) is 5.88 Å². The highest BCUT2D eigenvalue weighted by molar-refractivity contribution is 5.41. The molecule has 0 spiro atoms. The Morgan fingerprint density at radius 3 is 2.77 bits per heavy atom. The van der Waals surface area contributed by atoms with E-state index in [-0.39, 0.29) is 24.9 Å². The summed E-state index contributed by atoms with van der Waals surface area (Å²) in [4.78, 5) is 10.9. The van der Waals surface area contributed by atoms with E-state index in [1.54, 1.807) is 19.5 Å². The molecule has 0 radical (unpaired) electrons. The number of aliphatic hydroxyl groups excluding tert-OH is 1. The third-order valence-electron chi connectivity index (χ3n) is 4.65. The van der Waals surface area contributed by atoms with Crippen LogP contribution in [-0.4, -0.2) is 53.6 Å². The number of anilines is 1. The molecule has 1 saturated carbocycles. The van der Waals surface area contributed by atoms with Gasteiger partial charge in [0.05, 0.1) is 31.1 Å². The Morgan fingerprint density at radius 2 is 2.05 bits per heavy atom. The predicted molar refractivity (Wildman–Crippen MR) is 83.2 cm³/mol. The highest BCUT2D eigenvalue weighted by atomic mass is 16.5. The van der Waals surface area contributed by atoms with Crippen molar-refractivity contribution in [1.29, 1.82) is 0 Å². The summed E-state index contributed by atoms with van der Waals surface area (Å²) in [5.41, 5.74) is 0. The molecule has 6 nitrogen and oxygen atoms in total. The van der Waals surface area contributed by atoms with Gasteiger partial charge in [-0.15, -0.1) is 0 Å². The van der Waals surface area contributed by atoms with Crippen LogP contribution in [0.5, 0.6) is 5.88 Å². The first-order valence-electron chi connectivity index (χ1n) is 8.19. The SMILES string of the molecule is CO[C@H]1C[C@@H](CO)N(c2cncc(OC3CCCCC3)n2)C1. The molecular weight excluding hydrogens is 282 g/mol. The zero-order valence-corrected chi connectivity index (χ0v) is 13.1. The molecule has 2 heterocycles. The average Bonchev–Trinajstić information content (AvgIpc) is 2.99. The Morgan fingerprint density at radius 1 is 1.23 bits per heavy atom. The first kappa shape index (κ1) is 15.5. The van der Waals surface area contributed by atoms with Crippen LogP contribution in [0.15, 0.2) is 12.4 Å². The van der Waals surface area contributed by atoms with E-state index in [1.165, 1.54) is 19.3 Å². The fraction of sp³-hybridized carbons (Fsp3) is 0.750. The van der Waals surface area contributed by atoms with Crippen LogP contribution in [-0.2, 0) is 4.74 Å². The minimum absolute atomic E-state index is 0.0316. The summed E-state index contributed by atoms with van der Waals surface area (Å²) in [5, 5.41) is 9.56. The fourth-order valence-corrected chi connectivity index (χ4v) is 3.39. The number of aliphatic hydroxyl groups is 1. The van der Waals surface area contributed by atoms with Crippen LogP contribution in [0, 0.1) is 0 Å². The van der Waals surface area contributed by atoms with Crippen LogP contribution >= 0.6 is 0 Å². The maximum Gasteiger partial charge on any atom is 0.234 e. The molecule has 0 unspecified atom stereocenters. The molecule has 6 heteroatoms. The molecule has 1 aromatic rings. The monoisotopic (exact) mass is 307 g/mol. The third kappa shape index (κ3) is 3.50. The lowest BCUT2D eigenvalue weighted by molar-refractivity contribution is 0.115. The summed E-state index contributed by atoms with van der Waals surface area (Å²) >= 11 is 0. The summed E-state index contributed by atoms with van der Waals surface area (Å²) in [6.45, 7) is 0.818. The predicted octanol–water partition coefficient (Wildman–Crippen LogP) is 1.77. The number of ether oxygens (including phenoxy) is 2. The van der Waals surface area contributed by atoms with E-state index in [2.05, 4.69) is 14.9 Å². The second-order valence-electron chi connectivity index (χ2n) is 6.18. The molecule has 122 valence electrons. The first-order valence-corrected chi connectivity index (χ1v) is 8.19. The molecule has 1 aromatic heterocycles. The minimum Gasteiger partial charge on any atom is -0.473 e. The Bertz CT molecular complexity index is 479. The molecular formula is C16H25N3O3. The molecule has 0 aromatic carbocycles. The van der Waals surface area contributed by atoms with Gasteiger partial charge in [0.1, 0.15) is 6.10 Å². The van der Waals surface area contributed by atoms with E-state index in [9.17, 15) is 5.11 Å². The smallest absolute Gasteiger partial charge is 0.234 e. The normalized spacial score (nSPS) is 26.4. The Kier molecular flexibility index (Phi) is 5.10. The van der Waals surface area contributed by atoms with E-state index in [4.69, 9.17) is 9.47 Å². The third-order valence-corrected chi connectivity index (χ3v) is 4.65. The van der Waals surface area contributed by atoms with Gasteiger partial charge in [-0.1, -0.05) is 6.42 Å². The summed E-state index contributed by atoms with van der Waals surface area (Å²) in [6, 6.07) is 0.0316. The molecule has 2 atom stereocenters. The van der Waals surface area contributed by atoms with Gasteiger partial charge in [0.15, 0.2) is 5.82 Å². The molecule has 1 N–H and O–H groups in total. The van der Waals surface area contributed by atoms with Crippen molar-refractivity contribution < 1.29 is 14.6 Å². The van der Waals surface area contributed by atoms with Gasteiger partial charge in [-0.05, 0) is 32.1 Å². The highest BCUT2D eigenvalue weighted by Crippen LogP contribution is 2.27. The molecule has 22 heavy (non-hydrogen) atoms. The average molecular weight is 307 g/mol. The lowest BCUT2D eigenvalue weighted by Gasteiger charge is -2.25. The number of hydrogen-bond donors (Lipinski definition) is 1. The number of hydrogen-bond acceptors (Lipinski definition) is 6. The summed E-state index contributed by atoms with van der Waals surface area (Å²) < 4.78 is 11.4. The second-order valence-corrected chi connectivity index (χ2v) is 6.18. The van der Waals surface area contributed by atoms with Gasteiger partial charge in [-0.3, -0.25) is 4.98 Å². The van der Waals surface area contributed by atoms with Crippen molar-refractivity contribution in [3.63, 3.8) is 0 Å². The van der Waals surface area contributed by atoms with E-state index in [1.807, 2.05) is 0 Å². The number of aromatic nitrogens is 2. The summed E-state index contributed by atoms with van der Waals surface area (Å²) in [6.07, 6.45) is 10.6. The highest BCUT2D eigenvalue weighted by Gasteiger charge is 2.33. The molecule has 0 amide bonds. The zero-order valence-electron chi connectivity index (χ0n) is 13.1. The molecule has 2 aliphatic rings. The van der Waals surface area contributed by atoms with E-state index < -0.39 is 0 Å². The van der Waals surface area contributed by atoms with Crippen molar-refractivity contribution in [2.24, 2.45) is 0 Å². The van der Waals surface area contributed by atoms with Crippen molar-refractivity contribution in [2.75, 3.05) is 25.2 Å². The Labute approximate surface area is 131 Å². The summed E-state index contributed by atoms with van der Waals surface area (Å²) in [7, 11) is 1.71. The number of rotatable bonds is 5. The first-order chi connectivity index (χ1) is 10.8. The molecule has 0 bridgehead atoms. The van der Waals surface area contributed by atoms with Gasteiger partial charge in [-0.25, -0.2) is 0 Å². The molecule has 1 aliphatic carbocycles. The van der Waals surface area contributed by atoms with Crippen molar-refractivity contribution in [2.45, 2.75) is 56.8 Å². The van der Waals surface area contributed by atoms with Gasteiger partial charge >= 0.3 is 0 Å².